The van der Waals surface area contributed by atoms with Gasteiger partial charge in [0.15, 0.2) is 5.75 Å². The third-order valence-electron chi connectivity index (χ3n) is 2.62. The SMILES string of the molecule is C=CC(=O)OCCCC(C)(O)OOc1ccccc1C(=O)O. The van der Waals surface area contributed by atoms with E-state index in [0.717, 1.165) is 6.08 Å². The van der Waals surface area contributed by atoms with Gasteiger partial charge in [-0.1, -0.05) is 18.7 Å². The lowest BCUT2D eigenvalue weighted by atomic mass is 10.2. The standard InChI is InChI=1S/C15H18O7/c1-3-13(16)20-10-6-9-15(2,19)22-21-12-8-5-4-7-11(12)14(17)18/h3-5,7-8,19H,1,6,9-10H2,2H3,(H,17,18). The van der Waals surface area contributed by atoms with Crippen LogP contribution in [0, 0.1) is 0 Å². The number of rotatable bonds is 9. The fourth-order valence-corrected chi connectivity index (χ4v) is 1.52. The molecule has 22 heavy (non-hydrogen) atoms. The molecule has 1 aromatic rings. The average Bonchev–Trinajstić information content (AvgIpc) is 2.49. The summed E-state index contributed by atoms with van der Waals surface area (Å²) in [6.45, 7) is 4.70. The lowest BCUT2D eigenvalue weighted by molar-refractivity contribution is -0.362. The first-order valence-electron chi connectivity index (χ1n) is 6.55. The zero-order valence-corrected chi connectivity index (χ0v) is 12.2. The maximum absolute atomic E-state index is 11.0. The first kappa shape index (κ1) is 17.7. The number of ether oxygens (including phenoxy) is 1. The van der Waals surface area contributed by atoms with E-state index < -0.39 is 17.7 Å². The Hall–Kier alpha value is -2.38. The lowest BCUT2D eigenvalue weighted by Gasteiger charge is -2.22. The number of benzene rings is 1. The molecule has 0 aliphatic carbocycles. The Morgan fingerprint density at radius 3 is 2.68 bits per heavy atom. The van der Waals surface area contributed by atoms with Gasteiger partial charge in [0, 0.05) is 12.5 Å². The molecule has 1 unspecified atom stereocenters. The molecule has 0 fully saturated rings. The summed E-state index contributed by atoms with van der Waals surface area (Å²) in [4.78, 5) is 31.6. The summed E-state index contributed by atoms with van der Waals surface area (Å²) in [5, 5.41) is 19.0. The van der Waals surface area contributed by atoms with E-state index in [1.54, 1.807) is 12.1 Å². The normalized spacial score (nSPS) is 13.0. The molecule has 1 rings (SSSR count). The Labute approximate surface area is 127 Å². The maximum Gasteiger partial charge on any atom is 0.339 e. The van der Waals surface area contributed by atoms with E-state index in [0.29, 0.717) is 6.42 Å². The van der Waals surface area contributed by atoms with E-state index in [1.807, 2.05) is 0 Å². The summed E-state index contributed by atoms with van der Waals surface area (Å²) in [5.74, 6) is -3.40. The monoisotopic (exact) mass is 310 g/mol. The molecule has 0 aromatic heterocycles. The summed E-state index contributed by atoms with van der Waals surface area (Å²) in [7, 11) is 0. The molecule has 0 saturated heterocycles. The fourth-order valence-electron chi connectivity index (χ4n) is 1.52. The first-order chi connectivity index (χ1) is 10.4. The summed E-state index contributed by atoms with van der Waals surface area (Å²) in [6, 6.07) is 5.88. The van der Waals surface area contributed by atoms with Crippen molar-refractivity contribution >= 4 is 11.9 Å². The van der Waals surface area contributed by atoms with Crippen LogP contribution in [0.2, 0.25) is 0 Å². The highest BCUT2D eigenvalue weighted by Gasteiger charge is 2.24. The number of carbonyl (C=O) groups is 2. The Kier molecular flexibility index (Phi) is 6.55. The maximum atomic E-state index is 11.0. The third-order valence-corrected chi connectivity index (χ3v) is 2.62. The van der Waals surface area contributed by atoms with Crippen molar-refractivity contribution in [1.29, 1.82) is 0 Å². The second-order valence-electron chi connectivity index (χ2n) is 4.62. The average molecular weight is 310 g/mol. The minimum absolute atomic E-state index is 0.0200. The Bertz CT molecular complexity index is 536. The number of hydrogen-bond acceptors (Lipinski definition) is 6. The number of aliphatic hydroxyl groups is 1. The van der Waals surface area contributed by atoms with E-state index >= 15 is 0 Å². The highest BCUT2D eigenvalue weighted by atomic mass is 17.2. The van der Waals surface area contributed by atoms with Crippen molar-refractivity contribution in [2.24, 2.45) is 0 Å². The summed E-state index contributed by atoms with van der Waals surface area (Å²) < 4.78 is 4.76. The minimum atomic E-state index is -1.66. The van der Waals surface area contributed by atoms with Crippen LogP contribution in [0.25, 0.3) is 0 Å². The molecule has 0 radical (unpaired) electrons. The molecule has 1 atom stereocenters. The molecule has 2 N–H and O–H groups in total. The van der Waals surface area contributed by atoms with Gasteiger partial charge in [-0.3, -0.25) is 0 Å². The van der Waals surface area contributed by atoms with Crippen molar-refractivity contribution in [2.75, 3.05) is 6.61 Å². The number of carbonyl (C=O) groups excluding carboxylic acids is 1. The molecule has 0 amide bonds. The molecule has 120 valence electrons. The first-order valence-corrected chi connectivity index (χ1v) is 6.55. The van der Waals surface area contributed by atoms with Crippen molar-refractivity contribution < 1.29 is 34.3 Å². The van der Waals surface area contributed by atoms with Crippen LogP contribution in [-0.4, -0.2) is 34.5 Å². The summed E-state index contributed by atoms with van der Waals surface area (Å²) in [6.07, 6.45) is 1.49. The molecule has 0 aliphatic rings. The van der Waals surface area contributed by atoms with Crippen LogP contribution in [0.3, 0.4) is 0 Å². The van der Waals surface area contributed by atoms with Crippen molar-refractivity contribution in [3.63, 3.8) is 0 Å². The summed E-state index contributed by atoms with van der Waals surface area (Å²) >= 11 is 0. The Balaban J connectivity index is 2.47. The predicted molar refractivity (Wildman–Crippen MR) is 76.1 cm³/mol. The highest BCUT2D eigenvalue weighted by molar-refractivity contribution is 5.90. The van der Waals surface area contributed by atoms with Gasteiger partial charge in [0.2, 0.25) is 5.79 Å². The molecule has 0 spiro atoms. The smallest absolute Gasteiger partial charge is 0.339 e. The Morgan fingerprint density at radius 1 is 1.36 bits per heavy atom. The quantitative estimate of drug-likeness (QED) is 0.179. The largest absolute Gasteiger partial charge is 0.478 e. The fraction of sp³-hybridized carbons (Fsp3) is 0.333. The number of carboxylic acids is 1. The highest BCUT2D eigenvalue weighted by Crippen LogP contribution is 2.22. The van der Waals surface area contributed by atoms with Crippen molar-refractivity contribution in [3.05, 3.63) is 42.5 Å². The van der Waals surface area contributed by atoms with E-state index in [-0.39, 0.29) is 24.3 Å². The number of aromatic carboxylic acids is 1. The van der Waals surface area contributed by atoms with E-state index in [4.69, 9.17) is 19.6 Å². The Morgan fingerprint density at radius 2 is 2.05 bits per heavy atom. The minimum Gasteiger partial charge on any atom is -0.478 e. The van der Waals surface area contributed by atoms with Gasteiger partial charge >= 0.3 is 11.9 Å². The molecule has 0 bridgehead atoms. The van der Waals surface area contributed by atoms with Gasteiger partial charge in [-0.2, -0.15) is 4.89 Å². The topological polar surface area (TPSA) is 102 Å². The van der Waals surface area contributed by atoms with Gasteiger partial charge < -0.3 is 19.8 Å². The number of esters is 1. The van der Waals surface area contributed by atoms with Crippen LogP contribution in [0.4, 0.5) is 0 Å². The second kappa shape index (κ2) is 8.16. The van der Waals surface area contributed by atoms with E-state index in [1.165, 1.54) is 19.1 Å². The third kappa shape index (κ3) is 5.94. The van der Waals surface area contributed by atoms with Crippen LogP contribution >= 0.6 is 0 Å². The second-order valence-corrected chi connectivity index (χ2v) is 4.62. The number of carboxylic acid groups (broad SMARTS) is 1. The van der Waals surface area contributed by atoms with Crippen LogP contribution in [0.5, 0.6) is 5.75 Å². The molecular weight excluding hydrogens is 292 g/mol. The zero-order valence-electron chi connectivity index (χ0n) is 12.2. The number of para-hydroxylation sites is 1. The molecule has 7 heteroatoms. The van der Waals surface area contributed by atoms with Crippen LogP contribution in [0.15, 0.2) is 36.9 Å². The van der Waals surface area contributed by atoms with Crippen molar-refractivity contribution in [2.45, 2.75) is 25.6 Å². The zero-order chi connectivity index (χ0) is 16.6. The van der Waals surface area contributed by atoms with Gasteiger partial charge in [-0.25, -0.2) is 9.59 Å². The predicted octanol–water partition coefficient (Wildman–Crippen LogP) is 1.91. The van der Waals surface area contributed by atoms with Crippen molar-refractivity contribution in [1.82, 2.24) is 0 Å². The molecule has 0 saturated carbocycles. The van der Waals surface area contributed by atoms with Gasteiger partial charge in [0.25, 0.3) is 0 Å². The van der Waals surface area contributed by atoms with Gasteiger partial charge in [-0.05, 0) is 25.5 Å². The van der Waals surface area contributed by atoms with Crippen LogP contribution in [-0.2, 0) is 14.4 Å². The van der Waals surface area contributed by atoms with Gasteiger partial charge in [0.05, 0.1) is 6.61 Å². The number of hydrogen-bond donors (Lipinski definition) is 2. The van der Waals surface area contributed by atoms with Crippen molar-refractivity contribution in [3.8, 4) is 5.75 Å². The van der Waals surface area contributed by atoms with Gasteiger partial charge in [-0.15, -0.1) is 0 Å². The van der Waals surface area contributed by atoms with E-state index in [9.17, 15) is 14.7 Å². The summed E-state index contributed by atoms with van der Waals surface area (Å²) in [5.41, 5.74) is -0.0850. The molecule has 7 nitrogen and oxygen atoms in total. The molecule has 0 aliphatic heterocycles. The molecule has 0 heterocycles. The van der Waals surface area contributed by atoms with E-state index in [2.05, 4.69) is 6.58 Å². The lowest BCUT2D eigenvalue weighted by Crippen LogP contribution is -2.30. The van der Waals surface area contributed by atoms with Crippen LogP contribution in [0.1, 0.15) is 30.1 Å². The molecule has 1 aromatic carbocycles. The van der Waals surface area contributed by atoms with Gasteiger partial charge in [0.1, 0.15) is 5.56 Å². The molecular formula is C15H18O7. The van der Waals surface area contributed by atoms with Crippen LogP contribution < -0.4 is 4.89 Å².